The summed E-state index contributed by atoms with van der Waals surface area (Å²) in [4.78, 5) is 0.167. The number of hydrogen-bond acceptors (Lipinski definition) is 4. The zero-order valence-corrected chi connectivity index (χ0v) is 8.75. The van der Waals surface area contributed by atoms with Crippen LogP contribution in [0.15, 0.2) is 29.2 Å². The van der Waals surface area contributed by atoms with Crippen molar-refractivity contribution in [2.75, 3.05) is 13.7 Å². The highest BCUT2D eigenvalue weighted by Crippen LogP contribution is 2.12. The van der Waals surface area contributed by atoms with Crippen molar-refractivity contribution >= 4 is 10.1 Å². The lowest BCUT2D eigenvalue weighted by Crippen LogP contribution is -2.05. The third kappa shape index (κ3) is 2.54. The molecule has 0 bridgehead atoms. The van der Waals surface area contributed by atoms with Crippen molar-refractivity contribution in [2.24, 2.45) is 5.73 Å². The van der Waals surface area contributed by atoms with Crippen LogP contribution in [0.25, 0.3) is 0 Å². The largest absolute Gasteiger partial charge is 0.330 e. The number of benzene rings is 1. The molecule has 0 aliphatic carbocycles. The molecule has 0 aliphatic rings. The molecule has 2 N–H and O–H groups in total. The zero-order chi connectivity index (χ0) is 10.6. The van der Waals surface area contributed by atoms with Gasteiger partial charge in [0.2, 0.25) is 0 Å². The van der Waals surface area contributed by atoms with Gasteiger partial charge in [0.05, 0.1) is 12.0 Å². The van der Waals surface area contributed by atoms with Gasteiger partial charge in [-0.05, 0) is 30.7 Å². The van der Waals surface area contributed by atoms with Crippen molar-refractivity contribution in [3.05, 3.63) is 29.8 Å². The Kier molecular flexibility index (Phi) is 3.62. The predicted octanol–water partition coefficient (Wildman–Crippen LogP) is 0.523. The van der Waals surface area contributed by atoms with E-state index in [4.69, 9.17) is 5.73 Å². The molecule has 0 aliphatic heterocycles. The van der Waals surface area contributed by atoms with Gasteiger partial charge in [-0.15, -0.1) is 0 Å². The van der Waals surface area contributed by atoms with Gasteiger partial charge < -0.3 is 5.73 Å². The Morgan fingerprint density at radius 1 is 1.29 bits per heavy atom. The Labute approximate surface area is 83.8 Å². The molecule has 0 unspecified atom stereocenters. The molecule has 14 heavy (non-hydrogen) atoms. The highest BCUT2D eigenvalue weighted by molar-refractivity contribution is 7.86. The third-order valence-corrected chi connectivity index (χ3v) is 3.15. The third-order valence-electron chi connectivity index (χ3n) is 1.86. The summed E-state index contributed by atoms with van der Waals surface area (Å²) in [5, 5.41) is 0. The highest BCUT2D eigenvalue weighted by Gasteiger charge is 2.11. The van der Waals surface area contributed by atoms with Gasteiger partial charge in [-0.25, -0.2) is 0 Å². The van der Waals surface area contributed by atoms with Crippen LogP contribution >= 0.6 is 0 Å². The van der Waals surface area contributed by atoms with Crippen LogP contribution in [-0.2, 0) is 20.7 Å². The van der Waals surface area contributed by atoms with Gasteiger partial charge in [-0.2, -0.15) is 8.42 Å². The van der Waals surface area contributed by atoms with Gasteiger partial charge in [0, 0.05) is 0 Å². The lowest BCUT2D eigenvalue weighted by atomic mass is 10.2. The number of nitrogens with two attached hydrogens (primary N) is 1. The summed E-state index contributed by atoms with van der Waals surface area (Å²) >= 11 is 0. The Hall–Kier alpha value is -0.910. The lowest BCUT2D eigenvalue weighted by Gasteiger charge is -2.02. The molecule has 5 heteroatoms. The minimum absolute atomic E-state index is 0.167. The van der Waals surface area contributed by atoms with Gasteiger partial charge >= 0.3 is 0 Å². The average molecular weight is 215 g/mol. The molecular formula is C9H13NO3S. The SMILES string of the molecule is COS(=O)(=O)c1ccc(CCN)cc1. The highest BCUT2D eigenvalue weighted by atomic mass is 32.2. The second-order valence-corrected chi connectivity index (χ2v) is 4.52. The second kappa shape index (κ2) is 4.54. The number of rotatable bonds is 4. The topological polar surface area (TPSA) is 69.4 Å². The smallest absolute Gasteiger partial charge is 0.296 e. The molecule has 0 amide bonds. The molecule has 0 fully saturated rings. The molecule has 0 spiro atoms. The zero-order valence-electron chi connectivity index (χ0n) is 7.93. The van der Waals surface area contributed by atoms with Crippen LogP contribution < -0.4 is 5.73 Å². The van der Waals surface area contributed by atoms with Crippen LogP contribution in [0.5, 0.6) is 0 Å². The molecule has 0 saturated carbocycles. The molecule has 1 aromatic rings. The molecule has 1 rings (SSSR count). The first-order valence-corrected chi connectivity index (χ1v) is 5.60. The molecule has 0 aromatic heterocycles. The molecule has 0 heterocycles. The van der Waals surface area contributed by atoms with E-state index in [-0.39, 0.29) is 4.90 Å². The van der Waals surface area contributed by atoms with E-state index in [0.29, 0.717) is 6.54 Å². The van der Waals surface area contributed by atoms with E-state index in [0.717, 1.165) is 19.1 Å². The first-order valence-electron chi connectivity index (χ1n) is 4.20. The van der Waals surface area contributed by atoms with Crippen molar-refractivity contribution in [3.63, 3.8) is 0 Å². The Balaban J connectivity index is 2.94. The summed E-state index contributed by atoms with van der Waals surface area (Å²) in [7, 11) is -2.42. The van der Waals surface area contributed by atoms with Crippen LogP contribution in [0.2, 0.25) is 0 Å². The van der Waals surface area contributed by atoms with E-state index in [1.807, 2.05) is 0 Å². The van der Waals surface area contributed by atoms with Gasteiger partial charge in [-0.3, -0.25) is 4.18 Å². The van der Waals surface area contributed by atoms with E-state index >= 15 is 0 Å². The quantitative estimate of drug-likeness (QED) is 0.743. The fourth-order valence-electron chi connectivity index (χ4n) is 1.09. The van der Waals surface area contributed by atoms with Gasteiger partial charge in [0.25, 0.3) is 10.1 Å². The first kappa shape index (κ1) is 11.2. The summed E-state index contributed by atoms with van der Waals surface area (Å²) in [6, 6.07) is 6.51. The van der Waals surface area contributed by atoms with Crippen molar-refractivity contribution < 1.29 is 12.6 Å². The summed E-state index contributed by atoms with van der Waals surface area (Å²) in [6.07, 6.45) is 0.743. The maximum absolute atomic E-state index is 11.2. The summed E-state index contributed by atoms with van der Waals surface area (Å²) in [5.74, 6) is 0. The summed E-state index contributed by atoms with van der Waals surface area (Å²) < 4.78 is 26.8. The van der Waals surface area contributed by atoms with Gasteiger partial charge in [-0.1, -0.05) is 12.1 Å². The molecule has 0 radical (unpaired) electrons. The van der Waals surface area contributed by atoms with Crippen LogP contribution in [0.4, 0.5) is 0 Å². The van der Waals surface area contributed by atoms with Crippen molar-refractivity contribution in [2.45, 2.75) is 11.3 Å². The summed E-state index contributed by atoms with van der Waals surface area (Å²) in [6.45, 7) is 0.552. The standard InChI is InChI=1S/C9H13NO3S/c1-13-14(11,12)9-4-2-8(3-5-9)6-7-10/h2-5H,6-7,10H2,1H3. The predicted molar refractivity (Wildman–Crippen MR) is 53.4 cm³/mol. The molecule has 1 aromatic carbocycles. The normalized spacial score (nSPS) is 11.6. The molecule has 0 atom stereocenters. The first-order chi connectivity index (χ1) is 6.60. The molecule has 4 nitrogen and oxygen atoms in total. The lowest BCUT2D eigenvalue weighted by molar-refractivity contribution is 0.398. The molecule has 0 saturated heterocycles. The minimum atomic E-state index is -3.56. The average Bonchev–Trinajstić information content (AvgIpc) is 2.19. The van der Waals surface area contributed by atoms with Crippen molar-refractivity contribution in [3.8, 4) is 0 Å². The fourth-order valence-corrected chi connectivity index (χ4v) is 1.75. The van der Waals surface area contributed by atoms with Gasteiger partial charge in [0.1, 0.15) is 0 Å². The summed E-state index contributed by atoms with van der Waals surface area (Å²) in [5.41, 5.74) is 6.38. The van der Waals surface area contributed by atoms with Crippen molar-refractivity contribution in [1.29, 1.82) is 0 Å². The van der Waals surface area contributed by atoms with Crippen LogP contribution in [0, 0.1) is 0 Å². The van der Waals surface area contributed by atoms with E-state index in [1.165, 1.54) is 12.1 Å². The second-order valence-electron chi connectivity index (χ2n) is 2.80. The van der Waals surface area contributed by atoms with E-state index in [2.05, 4.69) is 4.18 Å². The van der Waals surface area contributed by atoms with Crippen LogP contribution in [0.3, 0.4) is 0 Å². The van der Waals surface area contributed by atoms with E-state index in [9.17, 15) is 8.42 Å². The Bertz CT molecular complexity index is 383. The van der Waals surface area contributed by atoms with Crippen molar-refractivity contribution in [1.82, 2.24) is 0 Å². The van der Waals surface area contributed by atoms with E-state index < -0.39 is 10.1 Å². The maximum atomic E-state index is 11.2. The Morgan fingerprint density at radius 3 is 2.29 bits per heavy atom. The van der Waals surface area contributed by atoms with Gasteiger partial charge in [0.15, 0.2) is 0 Å². The van der Waals surface area contributed by atoms with E-state index in [1.54, 1.807) is 12.1 Å². The van der Waals surface area contributed by atoms with Crippen LogP contribution in [-0.4, -0.2) is 22.1 Å². The number of hydrogen-bond donors (Lipinski definition) is 1. The molecular weight excluding hydrogens is 202 g/mol. The minimum Gasteiger partial charge on any atom is -0.330 e. The molecule has 78 valence electrons. The maximum Gasteiger partial charge on any atom is 0.296 e. The van der Waals surface area contributed by atoms with Crippen LogP contribution in [0.1, 0.15) is 5.56 Å². The monoisotopic (exact) mass is 215 g/mol. The fraction of sp³-hybridized carbons (Fsp3) is 0.333. The Morgan fingerprint density at radius 2 is 1.86 bits per heavy atom.